The lowest BCUT2D eigenvalue weighted by Gasteiger charge is -1.91. The van der Waals surface area contributed by atoms with Crippen LogP contribution in [0.4, 0.5) is 0 Å². The monoisotopic (exact) mass is 348 g/mol. The topological polar surface area (TPSA) is 132 Å². The van der Waals surface area contributed by atoms with E-state index in [2.05, 4.69) is 19.1 Å². The van der Waals surface area contributed by atoms with Crippen LogP contribution in [0.3, 0.4) is 0 Å². The molecule has 0 aromatic carbocycles. The minimum absolute atomic E-state index is 0.0602. The van der Waals surface area contributed by atoms with Gasteiger partial charge in [0.1, 0.15) is 6.79 Å². The molecular weight excluding hydrogens is 312 g/mol. The molecule has 0 spiro atoms. The van der Waals surface area contributed by atoms with Crippen LogP contribution in [-0.2, 0) is 28.7 Å². The molecular formula is C14H36O9. The Balaban J connectivity index is -0.0000000391. The number of carboxylic acids is 1. The van der Waals surface area contributed by atoms with E-state index >= 15 is 0 Å². The summed E-state index contributed by atoms with van der Waals surface area (Å²) in [5.74, 6) is -1.08. The van der Waals surface area contributed by atoms with Gasteiger partial charge < -0.3 is 24.4 Å². The van der Waals surface area contributed by atoms with Gasteiger partial charge in [-0.15, -0.1) is 0 Å². The molecule has 23 heavy (non-hydrogen) atoms. The zero-order valence-electron chi connectivity index (χ0n) is 16.1. The molecule has 9 nitrogen and oxygen atoms in total. The fraction of sp³-hybridized carbons (Fsp3) is 0.857. The van der Waals surface area contributed by atoms with Gasteiger partial charge in [0.15, 0.2) is 0 Å². The first-order chi connectivity index (χ1) is 10.7. The smallest absolute Gasteiger partial charge is 0.302 e. The van der Waals surface area contributed by atoms with E-state index in [1.807, 2.05) is 13.8 Å². The van der Waals surface area contributed by atoms with E-state index in [1.54, 1.807) is 28.1 Å². The average molecular weight is 348 g/mol. The first kappa shape index (κ1) is 37.7. The summed E-state index contributed by atoms with van der Waals surface area (Å²) in [6.45, 7) is 10.3. The van der Waals surface area contributed by atoms with E-state index in [1.165, 1.54) is 14.0 Å². The van der Waals surface area contributed by atoms with Gasteiger partial charge in [0, 0.05) is 35.2 Å². The van der Waals surface area contributed by atoms with Crippen molar-refractivity contribution in [3.63, 3.8) is 0 Å². The predicted molar refractivity (Wildman–Crippen MR) is 88.2 cm³/mol. The number of ether oxygens (including phenoxy) is 3. The predicted octanol–water partition coefficient (Wildman–Crippen LogP) is 2.03. The van der Waals surface area contributed by atoms with Gasteiger partial charge in [-0.25, -0.2) is 4.89 Å². The highest BCUT2D eigenvalue weighted by Gasteiger charge is 1.81. The Bertz CT molecular complexity index is 179. The van der Waals surface area contributed by atoms with Crippen molar-refractivity contribution in [1.29, 1.82) is 0 Å². The Kier molecular flexibility index (Phi) is 81.7. The molecule has 0 aromatic heterocycles. The molecule has 0 bridgehead atoms. The number of esters is 1. The number of hydrogen-bond donors (Lipinski definition) is 3. The summed E-state index contributed by atoms with van der Waals surface area (Å²) < 4.78 is 13.0. The standard InChI is InChI=1S/C3H8O2.C3H6O2.C3H8O2.C2H4O2.C2H6.CH4O/c1-4-3-5-2;1-3(4)5-2;1-3(2)5-4;1-2(3)4;2*1-2/h3H2,1-2H3;1-2H3;3-4H,1-2H3;1H3,(H,3,4);1-2H3;2H,1H3. The molecule has 0 aliphatic heterocycles. The van der Waals surface area contributed by atoms with E-state index < -0.39 is 5.97 Å². The minimum atomic E-state index is -0.833. The van der Waals surface area contributed by atoms with E-state index in [0.717, 1.165) is 14.0 Å². The van der Waals surface area contributed by atoms with Crippen LogP contribution in [0.2, 0.25) is 0 Å². The van der Waals surface area contributed by atoms with Crippen molar-refractivity contribution in [2.24, 2.45) is 0 Å². The second-order valence-corrected chi connectivity index (χ2v) is 3.06. The lowest BCUT2D eigenvalue weighted by Crippen LogP contribution is -1.95. The first-order valence-electron chi connectivity index (χ1n) is 6.66. The summed E-state index contributed by atoms with van der Waals surface area (Å²) in [6, 6.07) is 0. The van der Waals surface area contributed by atoms with Crippen molar-refractivity contribution < 1.29 is 44.2 Å². The second kappa shape index (κ2) is 49.8. The van der Waals surface area contributed by atoms with Crippen LogP contribution >= 0.6 is 0 Å². The molecule has 0 saturated carbocycles. The molecule has 0 radical (unpaired) electrons. The van der Waals surface area contributed by atoms with E-state index in [0.29, 0.717) is 6.79 Å². The number of carboxylic acid groups (broad SMARTS) is 1. The van der Waals surface area contributed by atoms with Gasteiger partial charge in [-0.2, -0.15) is 0 Å². The number of aliphatic hydroxyl groups is 1. The van der Waals surface area contributed by atoms with Gasteiger partial charge in [-0.1, -0.05) is 13.8 Å². The first-order valence-corrected chi connectivity index (χ1v) is 6.66. The molecule has 0 atom stereocenters. The highest BCUT2D eigenvalue weighted by Crippen LogP contribution is 1.77. The van der Waals surface area contributed by atoms with Crippen LogP contribution in [0.25, 0.3) is 0 Å². The number of carbonyl (C=O) groups excluding carboxylic acids is 1. The van der Waals surface area contributed by atoms with Gasteiger partial charge in [-0.05, 0) is 13.8 Å². The average Bonchev–Trinajstić information content (AvgIpc) is 2.52. The van der Waals surface area contributed by atoms with Crippen LogP contribution in [0.15, 0.2) is 0 Å². The summed E-state index contributed by atoms with van der Waals surface area (Å²) in [6.07, 6.45) is -0.0602. The van der Waals surface area contributed by atoms with Crippen LogP contribution in [0.5, 0.6) is 0 Å². The lowest BCUT2D eigenvalue weighted by atomic mass is 10.5. The highest BCUT2D eigenvalue weighted by molar-refractivity contribution is 5.65. The minimum Gasteiger partial charge on any atom is -0.481 e. The van der Waals surface area contributed by atoms with E-state index in [-0.39, 0.29) is 12.1 Å². The summed E-state index contributed by atoms with van der Waals surface area (Å²) in [4.78, 5) is 22.3. The van der Waals surface area contributed by atoms with Gasteiger partial charge in [0.25, 0.3) is 5.97 Å². The van der Waals surface area contributed by atoms with Crippen LogP contribution < -0.4 is 0 Å². The van der Waals surface area contributed by atoms with Crippen molar-refractivity contribution in [3.05, 3.63) is 0 Å². The number of aliphatic carboxylic acids is 1. The molecule has 0 fully saturated rings. The normalized spacial score (nSPS) is 7.00. The van der Waals surface area contributed by atoms with Gasteiger partial charge in [0.2, 0.25) is 0 Å². The van der Waals surface area contributed by atoms with Gasteiger partial charge >= 0.3 is 5.97 Å². The van der Waals surface area contributed by atoms with Crippen molar-refractivity contribution in [3.8, 4) is 0 Å². The zero-order chi connectivity index (χ0) is 20.3. The fourth-order valence-corrected chi connectivity index (χ4v) is 0.118. The Morgan fingerprint density at radius 2 is 1.13 bits per heavy atom. The summed E-state index contributed by atoms with van der Waals surface area (Å²) in [7, 11) is 5.52. The van der Waals surface area contributed by atoms with Crippen LogP contribution in [0, 0.1) is 0 Å². The molecule has 0 rings (SSSR count). The number of aliphatic hydroxyl groups excluding tert-OH is 1. The number of carbonyl (C=O) groups is 2. The lowest BCUT2D eigenvalue weighted by molar-refractivity contribution is -0.269. The molecule has 0 aliphatic carbocycles. The SMILES string of the molecule is CC.CC(=O)O.CC(C)OO.CO.COC(C)=O.COCOC. The summed E-state index contributed by atoms with van der Waals surface area (Å²) in [5, 5.41) is 22.1. The molecule has 0 aliphatic rings. The molecule has 3 N–H and O–H groups in total. The molecule has 0 heterocycles. The number of rotatable bonds is 3. The maximum atomic E-state index is 9.59. The Morgan fingerprint density at radius 1 is 0.957 bits per heavy atom. The third kappa shape index (κ3) is 324. The van der Waals surface area contributed by atoms with Crippen molar-refractivity contribution in [1.82, 2.24) is 0 Å². The fourth-order valence-electron chi connectivity index (χ4n) is 0.118. The molecule has 0 saturated heterocycles. The third-order valence-electron chi connectivity index (χ3n) is 0.734. The maximum Gasteiger partial charge on any atom is 0.302 e. The summed E-state index contributed by atoms with van der Waals surface area (Å²) >= 11 is 0. The van der Waals surface area contributed by atoms with Crippen molar-refractivity contribution >= 4 is 11.9 Å². The van der Waals surface area contributed by atoms with Crippen LogP contribution in [0.1, 0.15) is 41.5 Å². The Morgan fingerprint density at radius 3 is 1.13 bits per heavy atom. The quantitative estimate of drug-likeness (QED) is 0.303. The van der Waals surface area contributed by atoms with Crippen molar-refractivity contribution in [2.45, 2.75) is 47.6 Å². The number of methoxy groups -OCH3 is 3. The highest BCUT2D eigenvalue weighted by atomic mass is 17.1. The molecule has 146 valence electrons. The van der Waals surface area contributed by atoms with Crippen molar-refractivity contribution in [2.75, 3.05) is 35.2 Å². The van der Waals surface area contributed by atoms with E-state index in [9.17, 15) is 4.79 Å². The largest absolute Gasteiger partial charge is 0.481 e. The Labute approximate surface area is 140 Å². The van der Waals surface area contributed by atoms with Crippen LogP contribution in [-0.4, -0.2) is 68.7 Å². The molecule has 9 heteroatoms. The zero-order valence-corrected chi connectivity index (χ0v) is 16.1. The molecule has 0 unspecified atom stereocenters. The van der Waals surface area contributed by atoms with Gasteiger partial charge in [0.05, 0.1) is 13.2 Å². The molecule has 0 amide bonds. The maximum absolute atomic E-state index is 9.59. The summed E-state index contributed by atoms with van der Waals surface area (Å²) in [5.41, 5.74) is 0. The number of hydrogen-bond acceptors (Lipinski definition) is 8. The molecule has 0 aromatic rings. The Hall–Kier alpha value is -1.26. The third-order valence-corrected chi connectivity index (χ3v) is 0.734. The second-order valence-electron chi connectivity index (χ2n) is 3.06. The van der Waals surface area contributed by atoms with E-state index in [4.69, 9.17) is 20.3 Å². The van der Waals surface area contributed by atoms with Gasteiger partial charge in [-0.3, -0.25) is 14.8 Å².